The van der Waals surface area contributed by atoms with Crippen LogP contribution in [0.4, 0.5) is 0 Å². The van der Waals surface area contributed by atoms with Crippen LogP contribution in [0.15, 0.2) is 36.5 Å². The fourth-order valence-electron chi connectivity index (χ4n) is 4.00. The highest BCUT2D eigenvalue weighted by Crippen LogP contribution is 2.41. The number of carbonyl (C=O) groups is 3. The van der Waals surface area contributed by atoms with Crippen LogP contribution in [0.25, 0.3) is 11.1 Å². The summed E-state index contributed by atoms with van der Waals surface area (Å²) in [5, 5.41) is 2.55. The van der Waals surface area contributed by atoms with Crippen molar-refractivity contribution < 1.29 is 23.9 Å². The number of benzene rings is 1. The average Bonchev–Trinajstić information content (AvgIpc) is 3.15. The molecule has 8 nitrogen and oxygen atoms in total. The van der Waals surface area contributed by atoms with Crippen molar-refractivity contribution in [1.29, 1.82) is 0 Å². The number of hydrogen-bond acceptors (Lipinski definition) is 6. The summed E-state index contributed by atoms with van der Waals surface area (Å²) in [6.07, 6.45) is 2.14. The van der Waals surface area contributed by atoms with Crippen LogP contribution in [-0.2, 0) is 25.5 Å². The smallest absolute Gasteiger partial charge is 0.396 e. The summed E-state index contributed by atoms with van der Waals surface area (Å²) in [6.45, 7) is 0.733. The van der Waals surface area contributed by atoms with Gasteiger partial charge in [0.2, 0.25) is 0 Å². The maximum atomic E-state index is 12.4. The Balaban J connectivity index is 1.63. The number of carbonyl (C=O) groups excluding carboxylic acids is 3. The minimum atomic E-state index is -0.863. The minimum Gasteiger partial charge on any atom is -0.462 e. The molecular formula is C21H21N3O5. The minimum absolute atomic E-state index is 0.184. The Bertz CT molecular complexity index is 973. The van der Waals surface area contributed by atoms with Crippen LogP contribution in [0.5, 0.6) is 0 Å². The number of rotatable bonds is 2. The van der Waals surface area contributed by atoms with Gasteiger partial charge in [0.05, 0.1) is 25.9 Å². The van der Waals surface area contributed by atoms with E-state index in [1.807, 2.05) is 24.3 Å². The highest BCUT2D eigenvalue weighted by atomic mass is 16.5. The third-order valence-corrected chi connectivity index (χ3v) is 5.41. The second-order valence-electron chi connectivity index (χ2n) is 6.97. The molecule has 29 heavy (non-hydrogen) atoms. The highest BCUT2D eigenvalue weighted by molar-refractivity contribution is 6.32. The van der Waals surface area contributed by atoms with Gasteiger partial charge in [0.15, 0.2) is 0 Å². The zero-order valence-electron chi connectivity index (χ0n) is 16.2. The number of pyridine rings is 1. The molecule has 0 bridgehead atoms. The first-order valence-electron chi connectivity index (χ1n) is 9.35. The normalized spacial score (nSPS) is 19.9. The van der Waals surface area contributed by atoms with Crippen molar-refractivity contribution in [3.8, 4) is 11.1 Å². The predicted molar refractivity (Wildman–Crippen MR) is 103 cm³/mol. The summed E-state index contributed by atoms with van der Waals surface area (Å²) in [5.74, 6) is -1.74. The van der Waals surface area contributed by atoms with Gasteiger partial charge in [0.25, 0.3) is 5.91 Å². The van der Waals surface area contributed by atoms with Crippen molar-refractivity contribution in [3.63, 3.8) is 0 Å². The van der Waals surface area contributed by atoms with E-state index in [4.69, 9.17) is 4.74 Å². The Labute approximate surface area is 167 Å². The first kappa shape index (κ1) is 19.1. The van der Waals surface area contributed by atoms with Crippen molar-refractivity contribution in [1.82, 2.24) is 15.2 Å². The average molecular weight is 395 g/mol. The Morgan fingerprint density at radius 2 is 2.00 bits per heavy atom. The highest BCUT2D eigenvalue weighted by Gasteiger charge is 2.43. The monoisotopic (exact) mass is 395 g/mol. The number of methoxy groups -OCH3 is 1. The standard InChI is InChI=1S/C21H21N3O5/c1-22-19(25)16-6-4-13(11-23-16)12-3-5-15-14(9-12)10-17-18(15)24(7-8-29-17)20(26)21(27)28-2/h3-6,9,11,17-18H,7-8,10H2,1-2H3,(H,22,25). The third kappa shape index (κ3) is 3.36. The van der Waals surface area contributed by atoms with E-state index in [0.29, 0.717) is 25.3 Å². The van der Waals surface area contributed by atoms with E-state index in [-0.39, 0.29) is 18.1 Å². The van der Waals surface area contributed by atoms with Gasteiger partial charge in [-0.3, -0.25) is 14.6 Å². The number of esters is 1. The van der Waals surface area contributed by atoms with Crippen molar-refractivity contribution >= 4 is 17.8 Å². The number of fused-ring (bicyclic) bond motifs is 3. The number of nitrogens with one attached hydrogen (secondary N) is 1. The first-order valence-corrected chi connectivity index (χ1v) is 9.35. The quantitative estimate of drug-likeness (QED) is 0.604. The number of ether oxygens (including phenoxy) is 2. The van der Waals surface area contributed by atoms with Crippen LogP contribution in [0.3, 0.4) is 0 Å². The molecule has 1 fully saturated rings. The lowest BCUT2D eigenvalue weighted by molar-refractivity contribution is -0.165. The Kier molecular flexibility index (Phi) is 5.02. The first-order chi connectivity index (χ1) is 14.0. The van der Waals surface area contributed by atoms with Gasteiger partial charge in [-0.15, -0.1) is 0 Å². The zero-order chi connectivity index (χ0) is 20.5. The molecule has 4 rings (SSSR count). The third-order valence-electron chi connectivity index (χ3n) is 5.41. The van der Waals surface area contributed by atoms with Crippen LogP contribution in [0.2, 0.25) is 0 Å². The summed E-state index contributed by atoms with van der Waals surface area (Å²) in [7, 11) is 2.77. The number of morpholine rings is 1. The van der Waals surface area contributed by atoms with Crippen LogP contribution in [-0.4, -0.2) is 61.1 Å². The van der Waals surface area contributed by atoms with Crippen molar-refractivity contribution in [3.05, 3.63) is 53.3 Å². The van der Waals surface area contributed by atoms with E-state index in [1.54, 1.807) is 24.2 Å². The van der Waals surface area contributed by atoms with Gasteiger partial charge in [-0.1, -0.05) is 24.3 Å². The van der Waals surface area contributed by atoms with Gasteiger partial charge in [-0.05, 0) is 22.8 Å². The Morgan fingerprint density at radius 1 is 1.21 bits per heavy atom. The fourth-order valence-corrected chi connectivity index (χ4v) is 4.00. The number of amides is 2. The molecule has 1 saturated heterocycles. The summed E-state index contributed by atoms with van der Waals surface area (Å²) >= 11 is 0. The molecule has 2 unspecified atom stereocenters. The van der Waals surface area contributed by atoms with Crippen LogP contribution >= 0.6 is 0 Å². The molecule has 0 spiro atoms. The maximum Gasteiger partial charge on any atom is 0.396 e. The number of hydrogen-bond donors (Lipinski definition) is 1. The number of nitrogens with zero attached hydrogens (tertiary/aromatic N) is 2. The molecule has 2 amide bonds. The molecule has 1 aromatic heterocycles. The Morgan fingerprint density at radius 3 is 2.69 bits per heavy atom. The second kappa shape index (κ2) is 7.63. The van der Waals surface area contributed by atoms with Crippen LogP contribution < -0.4 is 5.32 Å². The molecule has 1 aliphatic carbocycles. The zero-order valence-corrected chi connectivity index (χ0v) is 16.2. The van der Waals surface area contributed by atoms with Gasteiger partial charge in [-0.2, -0.15) is 0 Å². The summed E-state index contributed by atoms with van der Waals surface area (Å²) in [6, 6.07) is 9.20. The largest absolute Gasteiger partial charge is 0.462 e. The summed E-state index contributed by atoms with van der Waals surface area (Å²) in [4.78, 5) is 41.6. The molecule has 2 aliphatic rings. The maximum absolute atomic E-state index is 12.4. The number of aromatic nitrogens is 1. The lowest BCUT2D eigenvalue weighted by atomic mass is 9.99. The van der Waals surface area contributed by atoms with Gasteiger partial charge in [0.1, 0.15) is 5.69 Å². The van der Waals surface area contributed by atoms with Gasteiger partial charge in [0, 0.05) is 31.8 Å². The van der Waals surface area contributed by atoms with Crippen molar-refractivity contribution in [2.75, 3.05) is 27.3 Å². The molecule has 8 heteroatoms. The Hall–Kier alpha value is -3.26. The van der Waals surface area contributed by atoms with E-state index >= 15 is 0 Å². The van der Waals surface area contributed by atoms with E-state index in [1.165, 1.54) is 7.11 Å². The molecule has 150 valence electrons. The SMILES string of the molecule is CNC(=O)c1ccc(-c2ccc3c(c2)CC2OCCN(C(=O)C(=O)OC)C32)cn1. The van der Waals surface area contributed by atoms with Gasteiger partial charge in [-0.25, -0.2) is 4.79 Å². The van der Waals surface area contributed by atoms with Gasteiger partial charge >= 0.3 is 11.9 Å². The van der Waals surface area contributed by atoms with Crippen molar-refractivity contribution in [2.45, 2.75) is 18.6 Å². The predicted octanol–water partition coefficient (Wildman–Crippen LogP) is 1.11. The molecule has 1 aliphatic heterocycles. The molecule has 2 atom stereocenters. The molecule has 0 radical (unpaired) electrons. The molecule has 0 saturated carbocycles. The van der Waals surface area contributed by atoms with E-state index in [2.05, 4.69) is 15.0 Å². The van der Waals surface area contributed by atoms with Gasteiger partial charge < -0.3 is 19.7 Å². The lowest BCUT2D eigenvalue weighted by Gasteiger charge is -2.37. The van der Waals surface area contributed by atoms with Crippen molar-refractivity contribution in [2.24, 2.45) is 0 Å². The molecule has 2 aromatic rings. The lowest BCUT2D eigenvalue weighted by Crippen LogP contribution is -2.49. The topological polar surface area (TPSA) is 97.8 Å². The molecule has 1 N–H and O–H groups in total. The fraction of sp³-hybridized carbons (Fsp3) is 0.333. The summed E-state index contributed by atoms with van der Waals surface area (Å²) in [5.41, 5.74) is 4.25. The van der Waals surface area contributed by atoms with Crippen LogP contribution in [0.1, 0.15) is 27.7 Å². The second-order valence-corrected chi connectivity index (χ2v) is 6.97. The molecule has 1 aromatic carbocycles. The van der Waals surface area contributed by atoms with E-state index < -0.39 is 11.9 Å². The van der Waals surface area contributed by atoms with E-state index in [9.17, 15) is 14.4 Å². The van der Waals surface area contributed by atoms with Crippen LogP contribution in [0, 0.1) is 0 Å². The van der Waals surface area contributed by atoms with E-state index in [0.717, 1.165) is 22.3 Å². The molecular weight excluding hydrogens is 374 g/mol. The molecule has 2 heterocycles. The summed E-state index contributed by atoms with van der Waals surface area (Å²) < 4.78 is 10.5.